The molecule has 0 radical (unpaired) electrons. The minimum absolute atomic E-state index is 0.00390. The first kappa shape index (κ1) is 19.0. The molecule has 0 saturated heterocycles. The number of aromatic nitrogens is 3. The standard InChI is InChI=1S/C18H23ClN4O2S/c1-11(2)20-17(24)12(3)26-18-22-21-16(23(18)13-8-9-13)10-25-15-7-5-4-6-14(15)19/h4-7,11-13H,8-10H2,1-3H3,(H,20,24)/t12-/m0/s1. The first-order chi connectivity index (χ1) is 12.5. The second-order valence-electron chi connectivity index (χ2n) is 6.64. The van der Waals surface area contributed by atoms with Crippen molar-refractivity contribution in [1.29, 1.82) is 0 Å². The number of hydrogen-bond donors (Lipinski definition) is 1. The summed E-state index contributed by atoms with van der Waals surface area (Å²) in [4.78, 5) is 12.2. The maximum atomic E-state index is 12.2. The van der Waals surface area contributed by atoms with Gasteiger partial charge in [-0.25, -0.2) is 0 Å². The van der Waals surface area contributed by atoms with E-state index in [-0.39, 0.29) is 17.2 Å². The molecule has 0 aliphatic heterocycles. The summed E-state index contributed by atoms with van der Waals surface area (Å²) in [6.07, 6.45) is 2.19. The number of nitrogens with one attached hydrogen (secondary N) is 1. The minimum atomic E-state index is -0.239. The Morgan fingerprint density at radius 3 is 2.73 bits per heavy atom. The van der Waals surface area contributed by atoms with E-state index >= 15 is 0 Å². The molecule has 1 N–H and O–H groups in total. The van der Waals surface area contributed by atoms with Gasteiger partial charge in [-0.2, -0.15) is 0 Å². The van der Waals surface area contributed by atoms with Crippen LogP contribution < -0.4 is 10.1 Å². The molecule has 3 rings (SSSR count). The number of nitrogens with zero attached hydrogens (tertiary/aromatic N) is 3. The molecule has 2 aromatic rings. The van der Waals surface area contributed by atoms with Gasteiger partial charge in [0.2, 0.25) is 5.91 Å². The molecule has 0 spiro atoms. The van der Waals surface area contributed by atoms with Crippen LogP contribution in [0.4, 0.5) is 0 Å². The maximum Gasteiger partial charge on any atom is 0.233 e. The molecule has 1 aromatic carbocycles. The quantitative estimate of drug-likeness (QED) is 0.688. The van der Waals surface area contributed by atoms with E-state index in [0.29, 0.717) is 23.4 Å². The Kier molecular flexibility index (Phi) is 6.09. The first-order valence-corrected chi connectivity index (χ1v) is 9.99. The van der Waals surface area contributed by atoms with Crippen LogP contribution >= 0.6 is 23.4 Å². The number of rotatable bonds is 8. The highest BCUT2D eigenvalue weighted by atomic mass is 35.5. The molecule has 1 amide bonds. The van der Waals surface area contributed by atoms with Gasteiger partial charge < -0.3 is 10.1 Å². The third-order valence-corrected chi connectivity index (χ3v) is 5.29. The van der Waals surface area contributed by atoms with Gasteiger partial charge in [0.1, 0.15) is 12.4 Å². The number of ether oxygens (including phenoxy) is 1. The average molecular weight is 395 g/mol. The molecule has 1 fully saturated rings. The molecule has 1 saturated carbocycles. The van der Waals surface area contributed by atoms with Gasteiger partial charge in [0, 0.05) is 12.1 Å². The highest BCUT2D eigenvalue weighted by molar-refractivity contribution is 8.00. The number of para-hydroxylation sites is 1. The van der Waals surface area contributed by atoms with E-state index in [1.807, 2.05) is 39.0 Å². The number of hydrogen-bond acceptors (Lipinski definition) is 5. The molecule has 1 atom stereocenters. The summed E-state index contributed by atoms with van der Waals surface area (Å²) >= 11 is 7.57. The number of amides is 1. The molecule has 1 heterocycles. The zero-order valence-electron chi connectivity index (χ0n) is 15.1. The summed E-state index contributed by atoms with van der Waals surface area (Å²) in [5.74, 6) is 1.38. The van der Waals surface area contributed by atoms with Crippen LogP contribution in [0.15, 0.2) is 29.4 Å². The second-order valence-corrected chi connectivity index (χ2v) is 8.36. The van der Waals surface area contributed by atoms with Crippen molar-refractivity contribution in [3.8, 4) is 5.75 Å². The van der Waals surface area contributed by atoms with E-state index < -0.39 is 0 Å². The van der Waals surface area contributed by atoms with Gasteiger partial charge in [-0.1, -0.05) is 35.5 Å². The molecule has 6 nitrogen and oxygen atoms in total. The van der Waals surface area contributed by atoms with E-state index in [1.165, 1.54) is 11.8 Å². The predicted octanol–water partition coefficient (Wildman–Crippen LogP) is 3.85. The highest BCUT2D eigenvalue weighted by Gasteiger charge is 2.31. The SMILES string of the molecule is CC(C)NC(=O)[C@H](C)Sc1nnc(COc2ccccc2Cl)n1C1CC1. The van der Waals surface area contributed by atoms with Crippen molar-refractivity contribution in [2.75, 3.05) is 0 Å². The Hall–Kier alpha value is -1.73. The van der Waals surface area contributed by atoms with Gasteiger partial charge in [0.15, 0.2) is 11.0 Å². The van der Waals surface area contributed by atoms with Gasteiger partial charge in [0.05, 0.1) is 10.3 Å². The van der Waals surface area contributed by atoms with E-state index in [9.17, 15) is 4.79 Å². The fourth-order valence-corrected chi connectivity index (χ4v) is 3.64. The van der Waals surface area contributed by atoms with Crippen molar-refractivity contribution in [2.45, 2.75) is 62.7 Å². The van der Waals surface area contributed by atoms with Crippen LogP contribution in [0, 0.1) is 0 Å². The highest BCUT2D eigenvalue weighted by Crippen LogP contribution is 2.39. The summed E-state index contributed by atoms with van der Waals surface area (Å²) in [5, 5.41) is 12.6. The Balaban J connectivity index is 1.70. The molecule has 8 heteroatoms. The summed E-state index contributed by atoms with van der Waals surface area (Å²) < 4.78 is 7.91. The lowest BCUT2D eigenvalue weighted by Gasteiger charge is -2.15. The van der Waals surface area contributed by atoms with Crippen molar-refractivity contribution in [3.05, 3.63) is 35.1 Å². The summed E-state index contributed by atoms with van der Waals surface area (Å²) in [5.41, 5.74) is 0. The van der Waals surface area contributed by atoms with Gasteiger partial charge in [0.25, 0.3) is 0 Å². The molecular weight excluding hydrogens is 372 g/mol. The third kappa shape index (κ3) is 4.71. The molecule has 1 aromatic heterocycles. The van der Waals surface area contributed by atoms with Crippen molar-refractivity contribution >= 4 is 29.3 Å². The average Bonchev–Trinajstić information content (AvgIpc) is 3.35. The molecule has 1 aliphatic carbocycles. The van der Waals surface area contributed by atoms with Crippen molar-refractivity contribution in [3.63, 3.8) is 0 Å². The van der Waals surface area contributed by atoms with Crippen molar-refractivity contribution < 1.29 is 9.53 Å². The van der Waals surface area contributed by atoms with Crippen molar-refractivity contribution in [1.82, 2.24) is 20.1 Å². The largest absolute Gasteiger partial charge is 0.484 e. The van der Waals surface area contributed by atoms with Crippen LogP contribution in [0.2, 0.25) is 5.02 Å². The fraction of sp³-hybridized carbons (Fsp3) is 0.500. The predicted molar refractivity (Wildman–Crippen MR) is 103 cm³/mol. The molecule has 0 bridgehead atoms. The van der Waals surface area contributed by atoms with Crippen LogP contribution in [0.1, 0.15) is 45.5 Å². The van der Waals surface area contributed by atoms with E-state index in [0.717, 1.165) is 23.8 Å². The Bertz CT molecular complexity index is 776. The van der Waals surface area contributed by atoms with E-state index in [2.05, 4.69) is 20.1 Å². The Morgan fingerprint density at radius 1 is 1.35 bits per heavy atom. The number of halogens is 1. The van der Waals surface area contributed by atoms with Crippen LogP contribution in [-0.2, 0) is 11.4 Å². The third-order valence-electron chi connectivity index (χ3n) is 3.92. The monoisotopic (exact) mass is 394 g/mol. The van der Waals surface area contributed by atoms with Crippen molar-refractivity contribution in [2.24, 2.45) is 0 Å². The lowest BCUT2D eigenvalue weighted by Crippen LogP contribution is -2.36. The van der Waals surface area contributed by atoms with Gasteiger partial charge >= 0.3 is 0 Å². The minimum Gasteiger partial charge on any atom is -0.484 e. The van der Waals surface area contributed by atoms with Gasteiger partial charge in [-0.15, -0.1) is 10.2 Å². The zero-order valence-corrected chi connectivity index (χ0v) is 16.7. The van der Waals surface area contributed by atoms with E-state index in [4.69, 9.17) is 16.3 Å². The maximum absolute atomic E-state index is 12.2. The smallest absolute Gasteiger partial charge is 0.233 e. The first-order valence-electron chi connectivity index (χ1n) is 8.74. The Morgan fingerprint density at radius 2 is 2.08 bits per heavy atom. The molecule has 140 valence electrons. The van der Waals surface area contributed by atoms with E-state index in [1.54, 1.807) is 6.07 Å². The van der Waals surface area contributed by atoms with Gasteiger partial charge in [-0.3, -0.25) is 9.36 Å². The topological polar surface area (TPSA) is 69.0 Å². The fourth-order valence-electron chi connectivity index (χ4n) is 2.50. The zero-order chi connectivity index (χ0) is 18.7. The van der Waals surface area contributed by atoms with Crippen LogP contribution in [0.25, 0.3) is 0 Å². The molecule has 0 unspecified atom stereocenters. The normalized spacial score (nSPS) is 15.1. The van der Waals surface area contributed by atoms with Crippen LogP contribution in [0.5, 0.6) is 5.75 Å². The summed E-state index contributed by atoms with van der Waals surface area (Å²) in [6.45, 7) is 6.08. The van der Waals surface area contributed by atoms with Gasteiger partial charge in [-0.05, 0) is 45.7 Å². The number of benzene rings is 1. The second kappa shape index (κ2) is 8.31. The number of carbonyl (C=O) groups is 1. The lowest BCUT2D eigenvalue weighted by atomic mass is 10.3. The number of carbonyl (C=O) groups excluding carboxylic acids is 1. The molecular formula is C18H23ClN4O2S. The molecule has 26 heavy (non-hydrogen) atoms. The van der Waals surface area contributed by atoms with Crippen LogP contribution in [0.3, 0.4) is 0 Å². The Labute approximate surface area is 162 Å². The summed E-state index contributed by atoms with van der Waals surface area (Å²) in [7, 11) is 0. The summed E-state index contributed by atoms with van der Waals surface area (Å²) in [6, 6.07) is 7.86. The molecule has 1 aliphatic rings. The van der Waals surface area contributed by atoms with Crippen LogP contribution in [-0.4, -0.2) is 32.0 Å². The number of thioether (sulfide) groups is 1. The lowest BCUT2D eigenvalue weighted by molar-refractivity contribution is -0.120.